The van der Waals surface area contributed by atoms with Crippen molar-refractivity contribution in [2.24, 2.45) is 0 Å². The summed E-state index contributed by atoms with van der Waals surface area (Å²) >= 11 is 0. The second kappa shape index (κ2) is 44.1. The van der Waals surface area contributed by atoms with Gasteiger partial charge in [-0.05, 0) is 32.1 Å². The number of hydrogen-bond donors (Lipinski definition) is 8. The van der Waals surface area contributed by atoms with E-state index in [1.165, 1.54) is 180 Å². The Morgan fingerprint density at radius 2 is 0.923 bits per heavy atom. The smallest absolute Gasteiger partial charge is 0.249 e. The van der Waals surface area contributed by atoms with E-state index in [-0.39, 0.29) is 12.8 Å². The molecule has 9 atom stereocenters. The molecule has 1 amide bonds. The minimum atomic E-state index is -1.66. The summed E-state index contributed by atoms with van der Waals surface area (Å²) in [4.78, 5) is 13.0. The van der Waals surface area contributed by atoms with Gasteiger partial charge in [0.05, 0.1) is 25.4 Å². The molecular weight excluding hydrogens is 823 g/mol. The Hall–Kier alpha value is -1.15. The molecule has 1 aliphatic rings. The normalized spacial score (nSPS) is 20.9. The fourth-order valence-electron chi connectivity index (χ4n) is 9.04. The maximum absolute atomic E-state index is 13.0. The van der Waals surface area contributed by atoms with E-state index >= 15 is 0 Å². The van der Waals surface area contributed by atoms with Gasteiger partial charge in [-0.15, -0.1) is 0 Å². The van der Waals surface area contributed by atoms with Crippen LogP contribution >= 0.6 is 0 Å². The van der Waals surface area contributed by atoms with E-state index in [0.29, 0.717) is 12.8 Å². The predicted octanol–water partition coefficient (Wildman–Crippen LogP) is 10.8. The summed E-state index contributed by atoms with van der Waals surface area (Å²) in [5.41, 5.74) is 0. The molecule has 8 N–H and O–H groups in total. The van der Waals surface area contributed by atoms with Crippen molar-refractivity contribution in [1.29, 1.82) is 0 Å². The van der Waals surface area contributed by atoms with Gasteiger partial charge >= 0.3 is 0 Å². The molecular formula is C54H105NO10. The van der Waals surface area contributed by atoms with Gasteiger partial charge in [-0.2, -0.15) is 0 Å². The lowest BCUT2D eigenvalue weighted by atomic mass is 9.98. The molecule has 11 nitrogen and oxygen atoms in total. The van der Waals surface area contributed by atoms with E-state index in [0.717, 1.165) is 38.5 Å². The van der Waals surface area contributed by atoms with Crippen LogP contribution in [0.25, 0.3) is 0 Å². The third kappa shape index (κ3) is 33.1. The van der Waals surface area contributed by atoms with Crippen LogP contribution in [0.1, 0.15) is 258 Å². The van der Waals surface area contributed by atoms with Crippen molar-refractivity contribution < 1.29 is 50.0 Å². The molecule has 0 aromatic carbocycles. The Labute approximate surface area is 398 Å². The van der Waals surface area contributed by atoms with Crippen LogP contribution < -0.4 is 5.32 Å². The highest BCUT2D eigenvalue weighted by atomic mass is 16.7. The van der Waals surface area contributed by atoms with Gasteiger partial charge in [0.25, 0.3) is 0 Å². The molecule has 0 aromatic heterocycles. The maximum atomic E-state index is 13.0. The molecule has 0 radical (unpaired) electrons. The largest absolute Gasteiger partial charge is 0.394 e. The van der Waals surface area contributed by atoms with E-state index in [1.54, 1.807) is 0 Å². The highest BCUT2D eigenvalue weighted by Crippen LogP contribution is 2.23. The Kier molecular flexibility index (Phi) is 42.0. The van der Waals surface area contributed by atoms with Crippen LogP contribution in [0.4, 0.5) is 0 Å². The molecule has 1 fully saturated rings. The number of carbonyl (C=O) groups excluding carboxylic acids is 1. The van der Waals surface area contributed by atoms with Crippen LogP contribution in [-0.4, -0.2) is 110 Å². The molecule has 9 unspecified atom stereocenters. The Balaban J connectivity index is 2.09. The Morgan fingerprint density at radius 1 is 0.523 bits per heavy atom. The molecule has 0 aromatic rings. The number of allylic oxidation sites excluding steroid dienone is 2. The lowest BCUT2D eigenvalue weighted by Crippen LogP contribution is -2.60. The molecule has 1 saturated heterocycles. The van der Waals surface area contributed by atoms with Gasteiger partial charge in [0.2, 0.25) is 5.91 Å². The maximum Gasteiger partial charge on any atom is 0.249 e. The molecule has 65 heavy (non-hydrogen) atoms. The number of nitrogens with one attached hydrogen (secondary N) is 1. The average Bonchev–Trinajstić information content (AvgIpc) is 3.31. The Morgan fingerprint density at radius 3 is 1.32 bits per heavy atom. The molecule has 0 aliphatic carbocycles. The van der Waals surface area contributed by atoms with Crippen LogP contribution in [0.15, 0.2) is 12.2 Å². The van der Waals surface area contributed by atoms with E-state index in [1.807, 2.05) is 6.08 Å². The van der Waals surface area contributed by atoms with Crippen molar-refractivity contribution in [2.45, 2.75) is 313 Å². The molecule has 386 valence electrons. The molecule has 0 bridgehead atoms. The molecule has 1 rings (SSSR count). The summed E-state index contributed by atoms with van der Waals surface area (Å²) in [7, 11) is 0. The topological polar surface area (TPSA) is 189 Å². The summed E-state index contributed by atoms with van der Waals surface area (Å²) < 4.78 is 11.0. The number of aliphatic hydroxyl groups is 7. The van der Waals surface area contributed by atoms with Crippen molar-refractivity contribution in [3.63, 3.8) is 0 Å². The quantitative estimate of drug-likeness (QED) is 0.0215. The molecule has 1 heterocycles. The van der Waals surface area contributed by atoms with E-state index in [4.69, 9.17) is 9.47 Å². The van der Waals surface area contributed by atoms with Gasteiger partial charge in [0.15, 0.2) is 6.29 Å². The zero-order valence-corrected chi connectivity index (χ0v) is 42.0. The van der Waals surface area contributed by atoms with Crippen LogP contribution in [-0.2, 0) is 14.3 Å². The fourth-order valence-corrected chi connectivity index (χ4v) is 9.04. The van der Waals surface area contributed by atoms with Gasteiger partial charge in [0, 0.05) is 0 Å². The average molecular weight is 928 g/mol. The molecule has 0 saturated carbocycles. The number of rotatable bonds is 47. The van der Waals surface area contributed by atoms with Gasteiger partial charge in [0.1, 0.15) is 36.6 Å². The molecule has 1 aliphatic heterocycles. The van der Waals surface area contributed by atoms with Crippen LogP contribution in [0.3, 0.4) is 0 Å². The first-order valence-corrected chi connectivity index (χ1v) is 27.6. The van der Waals surface area contributed by atoms with Gasteiger partial charge in [-0.3, -0.25) is 4.79 Å². The molecule has 11 heteroatoms. The minimum absolute atomic E-state index is 0.256. The number of amides is 1. The second-order valence-corrected chi connectivity index (χ2v) is 19.7. The fraction of sp³-hybridized carbons (Fsp3) is 0.944. The first-order valence-electron chi connectivity index (χ1n) is 27.6. The van der Waals surface area contributed by atoms with E-state index in [2.05, 4.69) is 25.2 Å². The van der Waals surface area contributed by atoms with Gasteiger partial charge in [-0.1, -0.05) is 238 Å². The van der Waals surface area contributed by atoms with Gasteiger partial charge in [-0.25, -0.2) is 0 Å². The summed E-state index contributed by atoms with van der Waals surface area (Å²) in [5, 5.41) is 75.3. The molecule has 0 spiro atoms. The zero-order valence-electron chi connectivity index (χ0n) is 42.0. The Bertz CT molecular complexity index is 1060. The van der Waals surface area contributed by atoms with Crippen molar-refractivity contribution in [1.82, 2.24) is 5.32 Å². The monoisotopic (exact) mass is 928 g/mol. The van der Waals surface area contributed by atoms with Crippen LogP contribution in [0.2, 0.25) is 0 Å². The van der Waals surface area contributed by atoms with Crippen LogP contribution in [0, 0.1) is 0 Å². The zero-order chi connectivity index (χ0) is 47.6. The highest BCUT2D eigenvalue weighted by molar-refractivity contribution is 5.80. The lowest BCUT2D eigenvalue weighted by Gasteiger charge is -2.40. The minimum Gasteiger partial charge on any atom is -0.394 e. The van der Waals surface area contributed by atoms with Gasteiger partial charge < -0.3 is 50.5 Å². The second-order valence-electron chi connectivity index (χ2n) is 19.7. The SMILES string of the molecule is CCC/C=C/CCCC(O)C(O)C(COC1OC(CO)C(O)C(O)C1O)NC(=O)C(O)CCCCCCCCCCCCCCCCCCCCCCCCCCCCCCCCCC. The number of ether oxygens (including phenoxy) is 2. The number of unbranched alkanes of at least 4 members (excludes halogenated alkanes) is 33. The van der Waals surface area contributed by atoms with Crippen molar-refractivity contribution >= 4 is 5.91 Å². The van der Waals surface area contributed by atoms with E-state index in [9.17, 15) is 40.5 Å². The summed E-state index contributed by atoms with van der Waals surface area (Å²) in [5.74, 6) is -0.707. The van der Waals surface area contributed by atoms with Crippen molar-refractivity contribution in [2.75, 3.05) is 13.2 Å². The summed E-state index contributed by atoms with van der Waals surface area (Å²) in [6.45, 7) is 3.31. The predicted molar refractivity (Wildman–Crippen MR) is 266 cm³/mol. The van der Waals surface area contributed by atoms with Crippen LogP contribution in [0.5, 0.6) is 0 Å². The first-order chi connectivity index (χ1) is 31.7. The summed E-state index contributed by atoms with van der Waals surface area (Å²) in [6.07, 6.45) is 39.4. The third-order valence-electron chi connectivity index (χ3n) is 13.5. The summed E-state index contributed by atoms with van der Waals surface area (Å²) in [6, 6.07) is -1.18. The number of hydrogen-bond acceptors (Lipinski definition) is 10. The van der Waals surface area contributed by atoms with Crippen molar-refractivity contribution in [3.05, 3.63) is 12.2 Å². The number of carbonyl (C=O) groups is 1. The lowest BCUT2D eigenvalue weighted by molar-refractivity contribution is -0.303. The first kappa shape index (κ1) is 61.9. The third-order valence-corrected chi connectivity index (χ3v) is 13.5. The highest BCUT2D eigenvalue weighted by Gasteiger charge is 2.44. The standard InChI is InChI=1S/C54H105NO10/c1-3-5-7-9-11-12-13-14-15-16-17-18-19-20-21-22-23-24-25-26-27-28-29-30-31-32-33-34-35-36-38-40-42-47(58)53(63)55-45(49(59)46(57)41-39-37-10-8-6-4-2)44-64-54-52(62)51(61)50(60)48(43-56)65-54/h8,10,45-52,54,56-62H,3-7,9,11-44H2,1-2H3,(H,55,63)/b10-8+. The van der Waals surface area contributed by atoms with Crippen molar-refractivity contribution in [3.8, 4) is 0 Å². The number of aliphatic hydroxyl groups excluding tert-OH is 7. The van der Waals surface area contributed by atoms with E-state index < -0.39 is 74.2 Å².